The van der Waals surface area contributed by atoms with Gasteiger partial charge in [0.05, 0.1) is 16.9 Å². The van der Waals surface area contributed by atoms with Crippen molar-refractivity contribution in [1.82, 2.24) is 19.4 Å². The van der Waals surface area contributed by atoms with E-state index >= 15 is 0 Å². The summed E-state index contributed by atoms with van der Waals surface area (Å²) in [7, 11) is 3.31. The normalized spacial score (nSPS) is 11.8. The minimum Gasteiger partial charge on any atom is -0.483 e. The molecule has 0 saturated carbocycles. The van der Waals surface area contributed by atoms with Crippen LogP contribution >= 0.6 is 0 Å². The Labute approximate surface area is 197 Å². The summed E-state index contributed by atoms with van der Waals surface area (Å²) in [5, 5.41) is 3.35. The van der Waals surface area contributed by atoms with E-state index in [4.69, 9.17) is 4.74 Å². The quantitative estimate of drug-likeness (QED) is 0.519. The molecule has 1 atom stereocenters. The Bertz CT molecular complexity index is 1310. The van der Waals surface area contributed by atoms with Gasteiger partial charge in [0.1, 0.15) is 12.3 Å². The Morgan fingerprint density at radius 3 is 2.35 bits per heavy atom. The van der Waals surface area contributed by atoms with Gasteiger partial charge in [0.2, 0.25) is 5.91 Å². The number of rotatable bonds is 9. The van der Waals surface area contributed by atoms with Gasteiger partial charge in [-0.2, -0.15) is 0 Å². The third-order valence-electron chi connectivity index (χ3n) is 5.64. The number of aromatic nitrogens is 2. The third-order valence-corrected chi connectivity index (χ3v) is 5.64. The monoisotopic (exact) mass is 466 g/mol. The summed E-state index contributed by atoms with van der Waals surface area (Å²) in [5.41, 5.74) is 0.252. The van der Waals surface area contributed by atoms with Gasteiger partial charge in [-0.1, -0.05) is 37.3 Å². The number of nitrogens with zero attached hydrogens (tertiary/aromatic N) is 3. The lowest BCUT2D eigenvalue weighted by Crippen LogP contribution is -2.42. The average Bonchev–Trinajstić information content (AvgIpc) is 2.84. The van der Waals surface area contributed by atoms with E-state index in [1.165, 1.54) is 9.47 Å². The SMILES string of the molecule is CCC(NC(=O)Cn1c(=O)n(CC)c(=O)c2ccccc21)c1ccccc1OCC(=O)N(C)C. The number of benzene rings is 2. The third kappa shape index (κ3) is 5.19. The van der Waals surface area contributed by atoms with E-state index in [1.807, 2.05) is 19.1 Å². The van der Waals surface area contributed by atoms with E-state index in [9.17, 15) is 19.2 Å². The predicted molar refractivity (Wildman–Crippen MR) is 130 cm³/mol. The first-order chi connectivity index (χ1) is 16.3. The van der Waals surface area contributed by atoms with Crippen LogP contribution in [0.3, 0.4) is 0 Å². The van der Waals surface area contributed by atoms with E-state index in [0.717, 1.165) is 10.1 Å². The maximum Gasteiger partial charge on any atom is 0.331 e. The Morgan fingerprint density at radius 1 is 1.00 bits per heavy atom. The van der Waals surface area contributed by atoms with Crippen molar-refractivity contribution in [1.29, 1.82) is 0 Å². The van der Waals surface area contributed by atoms with Crippen LogP contribution in [0.2, 0.25) is 0 Å². The molecule has 180 valence electrons. The fourth-order valence-electron chi connectivity index (χ4n) is 3.75. The molecule has 0 saturated heterocycles. The van der Waals surface area contributed by atoms with Gasteiger partial charge < -0.3 is 15.0 Å². The molecule has 3 rings (SSSR count). The molecule has 1 aromatic heterocycles. The fraction of sp³-hybridized carbons (Fsp3) is 0.360. The van der Waals surface area contributed by atoms with Crippen LogP contribution in [-0.2, 0) is 22.7 Å². The molecule has 0 aliphatic rings. The molecule has 0 aliphatic heterocycles. The largest absolute Gasteiger partial charge is 0.483 e. The van der Waals surface area contributed by atoms with Gasteiger partial charge in [0.15, 0.2) is 6.61 Å². The lowest BCUT2D eigenvalue weighted by Gasteiger charge is -2.22. The lowest BCUT2D eigenvalue weighted by molar-refractivity contribution is -0.130. The standard InChI is InChI=1S/C25H30N4O5/c1-5-19(17-11-8-10-14-21(17)34-16-23(31)27(3)4)26-22(30)15-29-20-13-9-7-12-18(20)24(32)28(6-2)25(29)33/h7-14,19H,5-6,15-16H2,1-4H3,(H,26,30). The molecule has 0 bridgehead atoms. The molecule has 1 unspecified atom stereocenters. The maximum absolute atomic E-state index is 13.0. The summed E-state index contributed by atoms with van der Waals surface area (Å²) in [6.45, 7) is 3.49. The number of carbonyl (C=O) groups is 2. The number of hydrogen-bond acceptors (Lipinski definition) is 5. The second kappa shape index (κ2) is 10.8. The highest BCUT2D eigenvalue weighted by Crippen LogP contribution is 2.27. The van der Waals surface area contributed by atoms with E-state index in [-0.39, 0.29) is 37.1 Å². The highest BCUT2D eigenvalue weighted by Gasteiger charge is 2.20. The number of nitrogens with one attached hydrogen (secondary N) is 1. The number of carbonyl (C=O) groups excluding carboxylic acids is 2. The molecule has 0 fully saturated rings. The van der Waals surface area contributed by atoms with Crippen molar-refractivity contribution in [2.45, 2.75) is 39.4 Å². The highest BCUT2D eigenvalue weighted by molar-refractivity contribution is 5.82. The molecule has 9 nitrogen and oxygen atoms in total. The van der Waals surface area contributed by atoms with Crippen LogP contribution in [0.15, 0.2) is 58.1 Å². The molecule has 1 N–H and O–H groups in total. The summed E-state index contributed by atoms with van der Waals surface area (Å²) >= 11 is 0. The molecule has 9 heteroatoms. The number of likely N-dealkylation sites (N-methyl/N-ethyl adjacent to an activating group) is 1. The number of ether oxygens (including phenoxy) is 1. The summed E-state index contributed by atoms with van der Waals surface area (Å²) in [6.07, 6.45) is 0.567. The van der Waals surface area contributed by atoms with Crippen molar-refractivity contribution in [2.75, 3.05) is 20.7 Å². The fourth-order valence-corrected chi connectivity index (χ4v) is 3.75. The maximum atomic E-state index is 13.0. The lowest BCUT2D eigenvalue weighted by atomic mass is 10.0. The Hall–Kier alpha value is -3.88. The van der Waals surface area contributed by atoms with Gasteiger partial charge in [-0.3, -0.25) is 23.5 Å². The molecule has 0 radical (unpaired) electrons. The van der Waals surface area contributed by atoms with Crippen LogP contribution in [0.4, 0.5) is 0 Å². The summed E-state index contributed by atoms with van der Waals surface area (Å²) in [4.78, 5) is 52.0. The van der Waals surface area contributed by atoms with Crippen LogP contribution in [0.5, 0.6) is 5.75 Å². The molecule has 3 aromatic rings. The highest BCUT2D eigenvalue weighted by atomic mass is 16.5. The Balaban J connectivity index is 1.87. The van der Waals surface area contributed by atoms with Gasteiger partial charge >= 0.3 is 5.69 Å². The smallest absolute Gasteiger partial charge is 0.331 e. The van der Waals surface area contributed by atoms with Crippen LogP contribution in [0, 0.1) is 0 Å². The van der Waals surface area contributed by atoms with E-state index in [2.05, 4.69) is 5.32 Å². The molecular weight excluding hydrogens is 436 g/mol. The van der Waals surface area contributed by atoms with Crippen LogP contribution in [0.1, 0.15) is 31.9 Å². The van der Waals surface area contributed by atoms with E-state index < -0.39 is 11.7 Å². The molecule has 2 aromatic carbocycles. The first kappa shape index (κ1) is 24.8. The van der Waals surface area contributed by atoms with Crippen LogP contribution < -0.4 is 21.3 Å². The Morgan fingerprint density at radius 2 is 1.68 bits per heavy atom. The minimum atomic E-state index is -0.527. The van der Waals surface area contributed by atoms with Gasteiger partial charge in [-0.05, 0) is 31.5 Å². The summed E-state index contributed by atoms with van der Waals surface area (Å²) in [5.74, 6) is -0.0456. The summed E-state index contributed by atoms with van der Waals surface area (Å²) in [6, 6.07) is 13.6. The van der Waals surface area contributed by atoms with Crippen LogP contribution in [-0.4, -0.2) is 46.6 Å². The van der Waals surface area contributed by atoms with Crippen molar-refractivity contribution in [3.63, 3.8) is 0 Å². The molecule has 1 heterocycles. The predicted octanol–water partition coefficient (Wildman–Crippen LogP) is 1.92. The molecule has 34 heavy (non-hydrogen) atoms. The minimum absolute atomic E-state index is 0.117. The van der Waals surface area contributed by atoms with E-state index in [1.54, 1.807) is 57.4 Å². The van der Waals surface area contributed by atoms with Gasteiger partial charge in [-0.15, -0.1) is 0 Å². The van der Waals surface area contributed by atoms with Gasteiger partial charge in [0, 0.05) is 26.2 Å². The van der Waals surface area contributed by atoms with Gasteiger partial charge in [0.25, 0.3) is 11.5 Å². The zero-order chi connectivity index (χ0) is 24.8. The number of para-hydroxylation sites is 2. The molecule has 2 amide bonds. The number of hydrogen-bond donors (Lipinski definition) is 1. The van der Waals surface area contributed by atoms with Crippen molar-refractivity contribution in [2.24, 2.45) is 0 Å². The second-order valence-electron chi connectivity index (χ2n) is 8.08. The number of fused-ring (bicyclic) bond motifs is 1. The van der Waals surface area contributed by atoms with E-state index in [0.29, 0.717) is 23.1 Å². The average molecular weight is 467 g/mol. The van der Waals surface area contributed by atoms with Crippen molar-refractivity contribution >= 4 is 22.7 Å². The zero-order valence-electron chi connectivity index (χ0n) is 19.9. The van der Waals surface area contributed by atoms with Crippen molar-refractivity contribution < 1.29 is 14.3 Å². The zero-order valence-corrected chi connectivity index (χ0v) is 19.9. The first-order valence-corrected chi connectivity index (χ1v) is 11.2. The first-order valence-electron chi connectivity index (χ1n) is 11.2. The Kier molecular flexibility index (Phi) is 7.88. The molecule has 0 spiro atoms. The summed E-state index contributed by atoms with van der Waals surface area (Å²) < 4.78 is 8.17. The van der Waals surface area contributed by atoms with Gasteiger partial charge in [-0.25, -0.2) is 4.79 Å². The van der Waals surface area contributed by atoms with Crippen molar-refractivity contribution in [3.8, 4) is 5.75 Å². The number of amides is 2. The molecule has 0 aliphatic carbocycles. The molecular formula is C25H30N4O5. The second-order valence-corrected chi connectivity index (χ2v) is 8.08. The van der Waals surface area contributed by atoms with Crippen molar-refractivity contribution in [3.05, 3.63) is 74.9 Å². The topological polar surface area (TPSA) is 103 Å². The van der Waals surface area contributed by atoms with Crippen LogP contribution in [0.25, 0.3) is 10.9 Å².